The van der Waals surface area contributed by atoms with Crippen LogP contribution in [0.25, 0.3) is 5.52 Å². The molecular formula is C13H16N2O3S. The SMILES string of the molecule is COc1cccc2cnc(C3CCCS(=O)(=O)C3)n12. The highest BCUT2D eigenvalue weighted by atomic mass is 32.2. The van der Waals surface area contributed by atoms with Crippen LogP contribution in [-0.2, 0) is 9.84 Å². The smallest absolute Gasteiger partial charge is 0.199 e. The molecule has 1 atom stereocenters. The molecule has 19 heavy (non-hydrogen) atoms. The molecule has 0 bridgehead atoms. The highest BCUT2D eigenvalue weighted by molar-refractivity contribution is 7.91. The highest BCUT2D eigenvalue weighted by Gasteiger charge is 2.29. The molecule has 0 amide bonds. The van der Waals surface area contributed by atoms with Gasteiger partial charge in [0, 0.05) is 5.92 Å². The fraction of sp³-hybridized carbons (Fsp3) is 0.462. The number of imidazole rings is 1. The Morgan fingerprint density at radius 3 is 3.00 bits per heavy atom. The van der Waals surface area contributed by atoms with E-state index in [9.17, 15) is 8.42 Å². The molecule has 5 nitrogen and oxygen atoms in total. The lowest BCUT2D eigenvalue weighted by Crippen LogP contribution is -2.25. The van der Waals surface area contributed by atoms with E-state index in [0.29, 0.717) is 18.1 Å². The van der Waals surface area contributed by atoms with Gasteiger partial charge in [-0.2, -0.15) is 0 Å². The second-order valence-electron chi connectivity index (χ2n) is 4.90. The maximum Gasteiger partial charge on any atom is 0.199 e. The van der Waals surface area contributed by atoms with Crippen LogP contribution in [0.5, 0.6) is 5.88 Å². The van der Waals surface area contributed by atoms with E-state index >= 15 is 0 Å². The van der Waals surface area contributed by atoms with E-state index < -0.39 is 9.84 Å². The molecule has 6 heteroatoms. The second kappa shape index (κ2) is 4.52. The Hall–Kier alpha value is -1.56. The molecule has 1 aliphatic rings. The summed E-state index contributed by atoms with van der Waals surface area (Å²) >= 11 is 0. The maximum atomic E-state index is 11.8. The van der Waals surface area contributed by atoms with Crippen LogP contribution in [-0.4, -0.2) is 36.4 Å². The van der Waals surface area contributed by atoms with Gasteiger partial charge in [-0.25, -0.2) is 13.4 Å². The molecule has 0 spiro atoms. The number of ether oxygens (including phenoxy) is 1. The van der Waals surface area contributed by atoms with E-state index in [0.717, 1.165) is 17.8 Å². The molecule has 1 unspecified atom stereocenters. The molecule has 1 aliphatic heterocycles. The zero-order chi connectivity index (χ0) is 13.5. The van der Waals surface area contributed by atoms with Gasteiger partial charge in [0.05, 0.1) is 30.3 Å². The molecule has 0 radical (unpaired) electrons. The normalized spacial score (nSPS) is 22.5. The van der Waals surface area contributed by atoms with Crippen LogP contribution in [0, 0.1) is 0 Å². The summed E-state index contributed by atoms with van der Waals surface area (Å²) in [6.07, 6.45) is 3.33. The first kappa shape index (κ1) is 12.5. The first-order valence-electron chi connectivity index (χ1n) is 6.31. The molecular weight excluding hydrogens is 264 g/mol. The van der Waals surface area contributed by atoms with Crippen LogP contribution in [0.3, 0.4) is 0 Å². The summed E-state index contributed by atoms with van der Waals surface area (Å²) in [6, 6.07) is 5.70. The molecule has 0 N–H and O–H groups in total. The molecule has 3 heterocycles. The van der Waals surface area contributed by atoms with Crippen LogP contribution >= 0.6 is 0 Å². The number of methoxy groups -OCH3 is 1. The minimum Gasteiger partial charge on any atom is -0.482 e. The number of pyridine rings is 1. The second-order valence-corrected chi connectivity index (χ2v) is 7.13. The molecule has 0 aliphatic carbocycles. The minimum atomic E-state index is -2.94. The van der Waals surface area contributed by atoms with Crippen molar-refractivity contribution in [3.8, 4) is 5.88 Å². The van der Waals surface area contributed by atoms with Crippen molar-refractivity contribution in [1.82, 2.24) is 9.38 Å². The monoisotopic (exact) mass is 280 g/mol. The Balaban J connectivity index is 2.10. The number of fused-ring (bicyclic) bond motifs is 1. The number of sulfone groups is 1. The third-order valence-corrected chi connectivity index (χ3v) is 5.40. The van der Waals surface area contributed by atoms with Gasteiger partial charge in [0.25, 0.3) is 0 Å². The highest BCUT2D eigenvalue weighted by Crippen LogP contribution is 2.30. The first-order chi connectivity index (χ1) is 9.11. The molecule has 0 aromatic carbocycles. The van der Waals surface area contributed by atoms with E-state index in [1.807, 2.05) is 22.6 Å². The lowest BCUT2D eigenvalue weighted by Gasteiger charge is -2.21. The molecule has 1 saturated heterocycles. The Morgan fingerprint density at radius 2 is 2.26 bits per heavy atom. The molecule has 2 aromatic heterocycles. The summed E-state index contributed by atoms with van der Waals surface area (Å²) in [5, 5.41) is 0. The van der Waals surface area contributed by atoms with Gasteiger partial charge in [0.1, 0.15) is 5.82 Å². The average molecular weight is 280 g/mol. The standard InChI is InChI=1S/C13H16N2O3S/c1-18-12-6-2-5-11-8-14-13(15(11)12)10-4-3-7-19(16,17)9-10/h2,5-6,8,10H,3-4,7,9H2,1H3. The van der Waals surface area contributed by atoms with Crippen molar-refractivity contribution in [2.24, 2.45) is 0 Å². The van der Waals surface area contributed by atoms with Gasteiger partial charge in [-0.1, -0.05) is 6.07 Å². The number of aromatic nitrogens is 2. The average Bonchev–Trinajstić information content (AvgIpc) is 2.81. The van der Waals surface area contributed by atoms with Gasteiger partial charge in [0.15, 0.2) is 15.7 Å². The zero-order valence-electron chi connectivity index (χ0n) is 10.7. The summed E-state index contributed by atoms with van der Waals surface area (Å²) < 4.78 is 30.8. The Bertz CT molecular complexity index is 706. The van der Waals surface area contributed by atoms with Crippen molar-refractivity contribution in [2.45, 2.75) is 18.8 Å². The van der Waals surface area contributed by atoms with Gasteiger partial charge < -0.3 is 4.74 Å². The lowest BCUT2D eigenvalue weighted by molar-refractivity contribution is 0.387. The third-order valence-electron chi connectivity index (χ3n) is 3.58. The predicted octanol–water partition coefficient (Wildman–Crippen LogP) is 1.64. The van der Waals surface area contributed by atoms with Gasteiger partial charge in [-0.05, 0) is 25.0 Å². The van der Waals surface area contributed by atoms with E-state index in [1.165, 1.54) is 0 Å². The quantitative estimate of drug-likeness (QED) is 0.839. The van der Waals surface area contributed by atoms with Crippen LogP contribution in [0.4, 0.5) is 0 Å². The fourth-order valence-corrected chi connectivity index (χ4v) is 4.42. The lowest BCUT2D eigenvalue weighted by atomic mass is 10.0. The topological polar surface area (TPSA) is 60.7 Å². The molecule has 0 saturated carbocycles. The molecule has 102 valence electrons. The van der Waals surface area contributed by atoms with Gasteiger partial charge in [-0.3, -0.25) is 4.40 Å². The van der Waals surface area contributed by atoms with Crippen molar-refractivity contribution >= 4 is 15.4 Å². The number of rotatable bonds is 2. The van der Waals surface area contributed by atoms with Crippen molar-refractivity contribution < 1.29 is 13.2 Å². The first-order valence-corrected chi connectivity index (χ1v) is 8.13. The molecule has 1 fully saturated rings. The largest absolute Gasteiger partial charge is 0.482 e. The summed E-state index contributed by atoms with van der Waals surface area (Å²) in [5.41, 5.74) is 0.928. The summed E-state index contributed by atoms with van der Waals surface area (Å²) in [6.45, 7) is 0. The van der Waals surface area contributed by atoms with Crippen molar-refractivity contribution in [1.29, 1.82) is 0 Å². The number of hydrogen-bond acceptors (Lipinski definition) is 4. The zero-order valence-corrected chi connectivity index (χ0v) is 11.6. The van der Waals surface area contributed by atoms with Gasteiger partial charge in [0.2, 0.25) is 0 Å². The Morgan fingerprint density at radius 1 is 1.42 bits per heavy atom. The van der Waals surface area contributed by atoms with Crippen LogP contribution in [0.1, 0.15) is 24.6 Å². The summed E-state index contributed by atoms with van der Waals surface area (Å²) in [5.74, 6) is 1.91. The number of hydrogen-bond donors (Lipinski definition) is 0. The molecule has 2 aromatic rings. The summed E-state index contributed by atoms with van der Waals surface area (Å²) in [7, 11) is -1.33. The third kappa shape index (κ3) is 2.20. The molecule has 3 rings (SSSR count). The van der Waals surface area contributed by atoms with Crippen molar-refractivity contribution in [2.75, 3.05) is 18.6 Å². The van der Waals surface area contributed by atoms with Crippen LogP contribution in [0.2, 0.25) is 0 Å². The van der Waals surface area contributed by atoms with E-state index in [2.05, 4.69) is 4.98 Å². The van der Waals surface area contributed by atoms with Crippen molar-refractivity contribution in [3.05, 3.63) is 30.2 Å². The van der Waals surface area contributed by atoms with Gasteiger partial charge in [-0.15, -0.1) is 0 Å². The van der Waals surface area contributed by atoms with Gasteiger partial charge >= 0.3 is 0 Å². The van der Waals surface area contributed by atoms with Crippen LogP contribution < -0.4 is 4.74 Å². The fourth-order valence-electron chi connectivity index (χ4n) is 2.72. The van der Waals surface area contributed by atoms with E-state index in [1.54, 1.807) is 13.3 Å². The maximum absolute atomic E-state index is 11.8. The number of nitrogens with zero attached hydrogens (tertiary/aromatic N) is 2. The van der Waals surface area contributed by atoms with E-state index in [4.69, 9.17) is 4.74 Å². The minimum absolute atomic E-state index is 0.0439. The Labute approximate surface area is 112 Å². The van der Waals surface area contributed by atoms with E-state index in [-0.39, 0.29) is 11.7 Å². The van der Waals surface area contributed by atoms with Crippen molar-refractivity contribution in [3.63, 3.8) is 0 Å². The Kier molecular flexibility index (Phi) is 2.97. The van der Waals surface area contributed by atoms with Crippen LogP contribution in [0.15, 0.2) is 24.4 Å². The predicted molar refractivity (Wildman–Crippen MR) is 72.4 cm³/mol. The summed E-state index contributed by atoms with van der Waals surface area (Å²) in [4.78, 5) is 4.41.